The number of rotatable bonds is 4. The summed E-state index contributed by atoms with van der Waals surface area (Å²) < 4.78 is 5.93. The van der Waals surface area contributed by atoms with Crippen molar-refractivity contribution in [3.63, 3.8) is 0 Å². The van der Waals surface area contributed by atoms with E-state index in [1.165, 1.54) is 29.5 Å². The van der Waals surface area contributed by atoms with Crippen LogP contribution in [0.25, 0.3) is 0 Å². The largest absolute Gasteiger partial charge is 0.489 e. The highest BCUT2D eigenvalue weighted by molar-refractivity contribution is 5.39. The van der Waals surface area contributed by atoms with Gasteiger partial charge in [0.2, 0.25) is 0 Å². The van der Waals surface area contributed by atoms with Crippen LogP contribution in [0, 0.1) is 6.92 Å². The minimum absolute atomic E-state index is 0.122. The van der Waals surface area contributed by atoms with E-state index in [1.54, 1.807) is 0 Å². The van der Waals surface area contributed by atoms with Crippen molar-refractivity contribution in [3.8, 4) is 5.75 Å². The molecule has 3 rings (SSSR count). The average molecular weight is 281 g/mol. The summed E-state index contributed by atoms with van der Waals surface area (Å²) in [5.74, 6) is 0.948. The second-order valence-electron chi connectivity index (χ2n) is 6.12. The molecule has 0 unspecified atom stereocenters. The van der Waals surface area contributed by atoms with Gasteiger partial charge in [-0.15, -0.1) is 0 Å². The SMILES string of the molecule is Cc1cc(C2(N)CCCC2)ccc1OCc1ccccc1. The predicted molar refractivity (Wildman–Crippen MR) is 86.3 cm³/mol. The zero-order chi connectivity index (χ0) is 14.7. The Morgan fingerprint density at radius 3 is 2.43 bits per heavy atom. The number of hydrogen-bond donors (Lipinski definition) is 1. The monoisotopic (exact) mass is 281 g/mol. The van der Waals surface area contributed by atoms with Crippen LogP contribution in [0.2, 0.25) is 0 Å². The van der Waals surface area contributed by atoms with Crippen LogP contribution < -0.4 is 10.5 Å². The minimum atomic E-state index is -0.122. The third-order valence-electron chi connectivity index (χ3n) is 4.48. The van der Waals surface area contributed by atoms with Crippen LogP contribution in [0.4, 0.5) is 0 Å². The maximum absolute atomic E-state index is 6.52. The molecule has 0 bridgehead atoms. The maximum atomic E-state index is 6.52. The first-order valence-electron chi connectivity index (χ1n) is 7.74. The van der Waals surface area contributed by atoms with Gasteiger partial charge in [-0.05, 0) is 42.5 Å². The molecule has 0 saturated heterocycles. The molecule has 21 heavy (non-hydrogen) atoms. The van der Waals surface area contributed by atoms with E-state index >= 15 is 0 Å². The van der Waals surface area contributed by atoms with Gasteiger partial charge in [-0.2, -0.15) is 0 Å². The van der Waals surface area contributed by atoms with Crippen molar-refractivity contribution in [2.45, 2.75) is 44.8 Å². The van der Waals surface area contributed by atoms with E-state index in [9.17, 15) is 0 Å². The first kappa shape index (κ1) is 14.2. The zero-order valence-corrected chi connectivity index (χ0v) is 12.6. The van der Waals surface area contributed by atoms with Gasteiger partial charge in [0, 0.05) is 5.54 Å². The normalized spacial score (nSPS) is 16.9. The summed E-state index contributed by atoms with van der Waals surface area (Å²) in [4.78, 5) is 0. The quantitative estimate of drug-likeness (QED) is 0.906. The van der Waals surface area contributed by atoms with Crippen molar-refractivity contribution in [2.75, 3.05) is 0 Å². The number of benzene rings is 2. The number of ether oxygens (including phenoxy) is 1. The van der Waals surface area contributed by atoms with Crippen LogP contribution >= 0.6 is 0 Å². The summed E-state index contributed by atoms with van der Waals surface area (Å²) in [6.07, 6.45) is 4.66. The summed E-state index contributed by atoms with van der Waals surface area (Å²) in [7, 11) is 0. The second-order valence-corrected chi connectivity index (χ2v) is 6.12. The van der Waals surface area contributed by atoms with Crippen LogP contribution in [0.3, 0.4) is 0 Å². The lowest BCUT2D eigenvalue weighted by Gasteiger charge is -2.25. The summed E-state index contributed by atoms with van der Waals surface area (Å²) in [6.45, 7) is 2.71. The van der Waals surface area contributed by atoms with Crippen molar-refractivity contribution in [1.29, 1.82) is 0 Å². The highest BCUT2D eigenvalue weighted by Crippen LogP contribution is 2.37. The van der Waals surface area contributed by atoms with Crippen molar-refractivity contribution in [1.82, 2.24) is 0 Å². The molecule has 1 saturated carbocycles. The van der Waals surface area contributed by atoms with E-state index in [0.717, 1.165) is 18.6 Å². The molecular formula is C19H23NO. The molecule has 2 N–H and O–H groups in total. The minimum Gasteiger partial charge on any atom is -0.489 e. The molecule has 2 nitrogen and oxygen atoms in total. The summed E-state index contributed by atoms with van der Waals surface area (Å²) in [6, 6.07) is 16.7. The third-order valence-corrected chi connectivity index (χ3v) is 4.48. The van der Waals surface area contributed by atoms with E-state index < -0.39 is 0 Å². The molecule has 0 amide bonds. The molecule has 2 aromatic carbocycles. The Morgan fingerprint density at radius 1 is 1.05 bits per heavy atom. The summed E-state index contributed by atoms with van der Waals surface area (Å²) in [5.41, 5.74) is 10.0. The van der Waals surface area contributed by atoms with Gasteiger partial charge in [0.25, 0.3) is 0 Å². The molecule has 1 aliphatic rings. The summed E-state index contributed by atoms with van der Waals surface area (Å²) >= 11 is 0. The lowest BCUT2D eigenvalue weighted by atomic mass is 9.88. The standard InChI is InChI=1S/C19H23NO/c1-15-13-17(19(20)11-5-6-12-19)9-10-18(15)21-14-16-7-3-2-4-8-16/h2-4,7-10,13H,5-6,11-12,14,20H2,1H3. The smallest absolute Gasteiger partial charge is 0.122 e. The summed E-state index contributed by atoms with van der Waals surface area (Å²) in [5, 5.41) is 0. The fraction of sp³-hybridized carbons (Fsp3) is 0.368. The van der Waals surface area contributed by atoms with Crippen LogP contribution in [-0.4, -0.2) is 0 Å². The Balaban J connectivity index is 1.73. The van der Waals surface area contributed by atoms with Gasteiger partial charge >= 0.3 is 0 Å². The van der Waals surface area contributed by atoms with Crippen molar-refractivity contribution < 1.29 is 4.74 Å². The number of nitrogens with two attached hydrogens (primary N) is 1. The van der Waals surface area contributed by atoms with Crippen LogP contribution in [-0.2, 0) is 12.1 Å². The molecule has 110 valence electrons. The Kier molecular flexibility index (Phi) is 3.98. The molecule has 1 fully saturated rings. The maximum Gasteiger partial charge on any atom is 0.122 e. The third kappa shape index (κ3) is 3.11. The van der Waals surface area contributed by atoms with Gasteiger partial charge in [0.05, 0.1) is 0 Å². The Labute approximate surface area is 126 Å². The van der Waals surface area contributed by atoms with E-state index in [2.05, 4.69) is 37.3 Å². The average Bonchev–Trinajstić information content (AvgIpc) is 2.95. The Hall–Kier alpha value is -1.80. The predicted octanol–water partition coefficient (Wildman–Crippen LogP) is 4.30. The topological polar surface area (TPSA) is 35.2 Å². The second kappa shape index (κ2) is 5.90. The van der Waals surface area contributed by atoms with Gasteiger partial charge in [-0.25, -0.2) is 0 Å². The van der Waals surface area contributed by atoms with Crippen LogP contribution in [0.15, 0.2) is 48.5 Å². The lowest BCUT2D eigenvalue weighted by Crippen LogP contribution is -2.33. The van der Waals surface area contributed by atoms with Gasteiger partial charge in [0.1, 0.15) is 12.4 Å². The zero-order valence-electron chi connectivity index (χ0n) is 12.6. The van der Waals surface area contributed by atoms with Gasteiger partial charge < -0.3 is 10.5 Å². The van der Waals surface area contributed by atoms with Crippen LogP contribution in [0.1, 0.15) is 42.4 Å². The van der Waals surface area contributed by atoms with Crippen molar-refractivity contribution in [2.24, 2.45) is 5.73 Å². The molecule has 0 aromatic heterocycles. The fourth-order valence-corrected chi connectivity index (χ4v) is 3.15. The molecular weight excluding hydrogens is 258 g/mol. The molecule has 0 atom stereocenters. The van der Waals surface area contributed by atoms with E-state index in [0.29, 0.717) is 6.61 Å². The first-order valence-corrected chi connectivity index (χ1v) is 7.74. The molecule has 2 heteroatoms. The first-order chi connectivity index (χ1) is 10.2. The van der Waals surface area contributed by atoms with Gasteiger partial charge in [0.15, 0.2) is 0 Å². The number of hydrogen-bond acceptors (Lipinski definition) is 2. The molecule has 0 radical (unpaired) electrons. The molecule has 2 aromatic rings. The van der Waals surface area contributed by atoms with E-state index in [4.69, 9.17) is 10.5 Å². The molecule has 0 spiro atoms. The van der Waals surface area contributed by atoms with Crippen molar-refractivity contribution >= 4 is 0 Å². The Morgan fingerprint density at radius 2 is 1.76 bits per heavy atom. The molecule has 0 aliphatic heterocycles. The van der Waals surface area contributed by atoms with Crippen LogP contribution in [0.5, 0.6) is 5.75 Å². The number of aryl methyl sites for hydroxylation is 1. The van der Waals surface area contributed by atoms with Gasteiger partial charge in [-0.1, -0.05) is 55.3 Å². The highest BCUT2D eigenvalue weighted by Gasteiger charge is 2.31. The Bertz CT molecular complexity index is 600. The highest BCUT2D eigenvalue weighted by atomic mass is 16.5. The van der Waals surface area contributed by atoms with E-state index in [1.807, 2.05) is 18.2 Å². The van der Waals surface area contributed by atoms with E-state index in [-0.39, 0.29) is 5.54 Å². The fourth-order valence-electron chi connectivity index (χ4n) is 3.15. The van der Waals surface area contributed by atoms with Gasteiger partial charge in [-0.3, -0.25) is 0 Å². The lowest BCUT2D eigenvalue weighted by molar-refractivity contribution is 0.303. The molecule has 1 aliphatic carbocycles. The van der Waals surface area contributed by atoms with Crippen molar-refractivity contribution in [3.05, 3.63) is 65.2 Å². The molecule has 0 heterocycles.